The molecule has 2 aromatic carbocycles. The molecule has 5 heteroatoms. The van der Waals surface area contributed by atoms with Gasteiger partial charge in [-0.2, -0.15) is 0 Å². The van der Waals surface area contributed by atoms with Gasteiger partial charge in [0.25, 0.3) is 0 Å². The van der Waals surface area contributed by atoms with Gasteiger partial charge >= 0.3 is 0 Å². The van der Waals surface area contributed by atoms with Crippen LogP contribution in [-0.4, -0.2) is 31.8 Å². The lowest BCUT2D eigenvalue weighted by atomic mass is 10.0. The summed E-state index contributed by atoms with van der Waals surface area (Å²) in [5.74, 6) is 0.854. The zero-order valence-electron chi connectivity index (χ0n) is 17.7. The van der Waals surface area contributed by atoms with Crippen LogP contribution in [0, 0.1) is 0 Å². The molecule has 2 N–H and O–H groups in total. The van der Waals surface area contributed by atoms with Crippen LogP contribution in [0.15, 0.2) is 83.1 Å². The Morgan fingerprint density at radius 3 is 2.70 bits per heavy atom. The number of ether oxygens (including phenoxy) is 1. The fraction of sp³-hybridized carbons (Fsp3) is 0.160. The predicted molar refractivity (Wildman–Crippen MR) is 130 cm³/mol. The lowest BCUT2D eigenvalue weighted by Gasteiger charge is -2.11. The molecule has 0 saturated heterocycles. The molecular formula is C25H26BN3O. The third kappa shape index (κ3) is 3.76. The molecule has 0 bridgehead atoms. The lowest BCUT2D eigenvalue weighted by molar-refractivity contribution is 0.414. The predicted octanol–water partition coefficient (Wildman–Crippen LogP) is 4.22. The molecule has 1 aliphatic rings. The van der Waals surface area contributed by atoms with Crippen molar-refractivity contribution in [3.05, 3.63) is 89.4 Å². The Bertz CT molecular complexity index is 1210. The number of benzene rings is 2. The zero-order chi connectivity index (χ0) is 21.1. The number of methoxy groups -OCH3 is 1. The minimum atomic E-state index is 0.588. The average molecular weight is 395 g/mol. The van der Waals surface area contributed by atoms with Gasteiger partial charge in [-0.05, 0) is 78.9 Å². The summed E-state index contributed by atoms with van der Waals surface area (Å²) in [5, 5.41) is 2.35. The topological polar surface area (TPSA) is 52.5 Å². The number of hydrogen-bond acceptors (Lipinski definition) is 3. The van der Waals surface area contributed by atoms with Crippen LogP contribution in [0.4, 0.5) is 0 Å². The Balaban J connectivity index is 1.76. The Hall–Kier alpha value is -3.31. The monoisotopic (exact) mass is 395 g/mol. The number of hydrogen-bond donors (Lipinski definition) is 1. The van der Waals surface area contributed by atoms with E-state index in [1.807, 2.05) is 6.07 Å². The summed E-state index contributed by atoms with van der Waals surface area (Å²) >= 11 is 0. The highest BCUT2D eigenvalue weighted by Crippen LogP contribution is 2.32. The molecule has 30 heavy (non-hydrogen) atoms. The Morgan fingerprint density at radius 1 is 1.13 bits per heavy atom. The van der Waals surface area contributed by atoms with Gasteiger partial charge in [-0.25, -0.2) is 4.99 Å². The van der Waals surface area contributed by atoms with Crippen molar-refractivity contribution in [1.82, 2.24) is 4.48 Å². The molecule has 150 valence electrons. The first-order valence-corrected chi connectivity index (χ1v) is 10.2. The van der Waals surface area contributed by atoms with Crippen molar-refractivity contribution in [1.29, 1.82) is 0 Å². The molecule has 3 aromatic rings. The summed E-state index contributed by atoms with van der Waals surface area (Å²) in [6.45, 7) is 2.70. The van der Waals surface area contributed by atoms with E-state index in [4.69, 9.17) is 15.5 Å². The first kappa shape index (κ1) is 20.0. The maximum absolute atomic E-state index is 5.91. The molecule has 0 aliphatic carbocycles. The second-order valence-electron chi connectivity index (χ2n) is 7.47. The molecule has 0 amide bonds. The minimum absolute atomic E-state index is 0.588. The van der Waals surface area contributed by atoms with E-state index in [1.54, 1.807) is 7.11 Å². The summed E-state index contributed by atoms with van der Waals surface area (Å²) in [7, 11) is 3.76. The SMILES string of the molecule is Bn1cccc1/C(CCN)=C1N=C(/C=C/c2c(OC)ccc3ccccc23)C=C\1C. The van der Waals surface area contributed by atoms with Crippen LogP contribution in [0.25, 0.3) is 22.4 Å². The van der Waals surface area contributed by atoms with Crippen LogP contribution in [0.3, 0.4) is 0 Å². The van der Waals surface area contributed by atoms with E-state index >= 15 is 0 Å². The maximum atomic E-state index is 5.91. The molecule has 4 nitrogen and oxygen atoms in total. The summed E-state index contributed by atoms with van der Waals surface area (Å²) in [6, 6.07) is 16.6. The van der Waals surface area contributed by atoms with Gasteiger partial charge in [-0.15, -0.1) is 0 Å². The van der Waals surface area contributed by atoms with Crippen LogP contribution < -0.4 is 10.5 Å². The molecule has 1 aliphatic heterocycles. The first-order chi connectivity index (χ1) is 14.6. The number of rotatable bonds is 6. The van der Waals surface area contributed by atoms with Crippen molar-refractivity contribution >= 4 is 36.1 Å². The van der Waals surface area contributed by atoms with E-state index in [-0.39, 0.29) is 0 Å². The van der Waals surface area contributed by atoms with E-state index in [1.165, 1.54) is 11.0 Å². The quantitative estimate of drug-likeness (QED) is 0.636. The standard InChI is InChI=1S/C25H26BN3O/c1-17-16-19(28-25(17)22(13-14-27)23-8-5-15-29(23)26)10-11-21-20-7-4-3-6-18(20)9-12-24(21)30-2/h3-12,15-16H,13-14,26-27H2,1-2H3/b11-10+,25-22-. The first-order valence-electron chi connectivity index (χ1n) is 10.2. The number of aromatic nitrogens is 1. The van der Waals surface area contributed by atoms with Gasteiger partial charge in [0.2, 0.25) is 7.98 Å². The fourth-order valence-electron chi connectivity index (χ4n) is 4.01. The van der Waals surface area contributed by atoms with Crippen molar-refractivity contribution in [2.75, 3.05) is 13.7 Å². The molecule has 2 heterocycles. The molecule has 0 saturated carbocycles. The van der Waals surface area contributed by atoms with Crippen LogP contribution in [0.1, 0.15) is 24.6 Å². The molecule has 0 fully saturated rings. The molecule has 0 spiro atoms. The Labute approximate surface area is 178 Å². The molecule has 4 rings (SSSR count). The summed E-state index contributed by atoms with van der Waals surface area (Å²) in [4.78, 5) is 4.94. The van der Waals surface area contributed by atoms with E-state index in [2.05, 4.69) is 86.3 Å². The van der Waals surface area contributed by atoms with Gasteiger partial charge in [0.1, 0.15) is 5.75 Å². The van der Waals surface area contributed by atoms with Gasteiger partial charge < -0.3 is 14.9 Å². The third-order valence-corrected chi connectivity index (χ3v) is 5.48. The summed E-state index contributed by atoms with van der Waals surface area (Å²) in [5.41, 5.74) is 12.4. The highest BCUT2D eigenvalue weighted by atomic mass is 16.5. The number of nitrogens with two attached hydrogens (primary N) is 1. The van der Waals surface area contributed by atoms with Crippen molar-refractivity contribution in [2.45, 2.75) is 13.3 Å². The normalized spacial score (nSPS) is 15.6. The Kier molecular flexibility index (Phi) is 5.73. The highest BCUT2D eigenvalue weighted by molar-refractivity contribution is 6.12. The third-order valence-electron chi connectivity index (χ3n) is 5.48. The van der Waals surface area contributed by atoms with Crippen molar-refractivity contribution < 1.29 is 4.74 Å². The summed E-state index contributed by atoms with van der Waals surface area (Å²) < 4.78 is 7.73. The smallest absolute Gasteiger partial charge is 0.223 e. The average Bonchev–Trinajstić information content (AvgIpc) is 3.35. The fourth-order valence-corrected chi connectivity index (χ4v) is 4.01. The second-order valence-corrected chi connectivity index (χ2v) is 7.47. The largest absolute Gasteiger partial charge is 0.496 e. The van der Waals surface area contributed by atoms with Gasteiger partial charge in [0, 0.05) is 16.8 Å². The van der Waals surface area contributed by atoms with E-state index in [0.717, 1.165) is 45.8 Å². The van der Waals surface area contributed by atoms with Gasteiger partial charge in [-0.3, -0.25) is 0 Å². The number of aliphatic imine (C=N–C) groups is 1. The van der Waals surface area contributed by atoms with Crippen LogP contribution >= 0.6 is 0 Å². The molecule has 1 aromatic heterocycles. The van der Waals surface area contributed by atoms with Crippen LogP contribution in [0.5, 0.6) is 5.75 Å². The van der Waals surface area contributed by atoms with Crippen molar-refractivity contribution in [3.8, 4) is 5.75 Å². The lowest BCUT2D eigenvalue weighted by Crippen LogP contribution is -2.05. The second kappa shape index (κ2) is 8.60. The zero-order valence-corrected chi connectivity index (χ0v) is 17.7. The number of fused-ring (bicyclic) bond motifs is 1. The molecular weight excluding hydrogens is 369 g/mol. The van der Waals surface area contributed by atoms with E-state index < -0.39 is 0 Å². The van der Waals surface area contributed by atoms with Gasteiger partial charge in [0.05, 0.1) is 18.5 Å². The van der Waals surface area contributed by atoms with Gasteiger partial charge in [-0.1, -0.05) is 30.3 Å². The van der Waals surface area contributed by atoms with Gasteiger partial charge in [0.15, 0.2) is 0 Å². The van der Waals surface area contributed by atoms with E-state index in [0.29, 0.717) is 6.54 Å². The Morgan fingerprint density at radius 2 is 1.97 bits per heavy atom. The molecule has 0 unspecified atom stereocenters. The molecule has 0 atom stereocenters. The molecule has 0 radical (unpaired) electrons. The summed E-state index contributed by atoms with van der Waals surface area (Å²) in [6.07, 6.45) is 9.13. The van der Waals surface area contributed by atoms with Crippen molar-refractivity contribution in [3.63, 3.8) is 0 Å². The maximum Gasteiger partial charge on any atom is 0.223 e. The van der Waals surface area contributed by atoms with Crippen LogP contribution in [-0.2, 0) is 0 Å². The van der Waals surface area contributed by atoms with E-state index in [9.17, 15) is 0 Å². The highest BCUT2D eigenvalue weighted by Gasteiger charge is 2.17. The van der Waals surface area contributed by atoms with Crippen LogP contribution in [0.2, 0.25) is 0 Å². The number of nitrogens with zero attached hydrogens (tertiary/aromatic N) is 2. The minimum Gasteiger partial charge on any atom is -0.496 e. The number of allylic oxidation sites excluding steroid dienone is 3. The van der Waals surface area contributed by atoms with Crippen molar-refractivity contribution in [2.24, 2.45) is 10.7 Å².